The number of aromatic amines is 1. The van der Waals surface area contributed by atoms with Gasteiger partial charge in [-0.2, -0.15) is 0 Å². The Morgan fingerprint density at radius 2 is 2.20 bits per heavy atom. The predicted molar refractivity (Wildman–Crippen MR) is 76.8 cm³/mol. The molecule has 0 aliphatic heterocycles. The zero-order valence-electron chi connectivity index (χ0n) is 10.6. The van der Waals surface area contributed by atoms with E-state index in [1.54, 1.807) is 6.07 Å². The number of hydrogen-bond donors (Lipinski definition) is 2. The number of nitrogen functional groups attached to an aromatic ring is 1. The second-order valence-corrected chi connectivity index (χ2v) is 5.56. The Balaban J connectivity index is 1.98. The van der Waals surface area contributed by atoms with E-state index in [-0.39, 0.29) is 10.8 Å². The number of nitrogens with two attached hydrogens (primary N) is 1. The monoisotopic (exact) mass is 288 g/mol. The maximum absolute atomic E-state index is 12.0. The Bertz CT molecular complexity index is 811. The van der Waals surface area contributed by atoms with E-state index in [1.807, 2.05) is 25.1 Å². The van der Waals surface area contributed by atoms with Gasteiger partial charge in [-0.25, -0.2) is 9.66 Å². The number of para-hydroxylation sites is 1. The molecule has 20 heavy (non-hydrogen) atoms. The summed E-state index contributed by atoms with van der Waals surface area (Å²) >= 11 is 1.38. The van der Waals surface area contributed by atoms with Gasteiger partial charge in [0.1, 0.15) is 12.2 Å². The van der Waals surface area contributed by atoms with Crippen molar-refractivity contribution in [1.82, 2.24) is 24.8 Å². The number of rotatable bonds is 3. The van der Waals surface area contributed by atoms with Crippen LogP contribution in [0.1, 0.15) is 18.0 Å². The van der Waals surface area contributed by atoms with Crippen molar-refractivity contribution in [3.63, 3.8) is 0 Å². The lowest BCUT2D eigenvalue weighted by Crippen LogP contribution is -2.13. The Morgan fingerprint density at radius 1 is 1.40 bits per heavy atom. The summed E-state index contributed by atoms with van der Waals surface area (Å²) in [6.45, 7) is 1.92. The molecule has 0 amide bonds. The lowest BCUT2D eigenvalue weighted by Gasteiger charge is -2.10. The van der Waals surface area contributed by atoms with Crippen LogP contribution in [-0.2, 0) is 0 Å². The summed E-state index contributed by atoms with van der Waals surface area (Å²) in [4.78, 5) is 19.3. The predicted octanol–water partition coefficient (Wildman–Crippen LogP) is 1.08. The molecule has 0 fully saturated rings. The SMILES string of the molecule is CC(Sc1nncn1N)c1nc2ccccc2c(=O)[nH]1. The molecular weight excluding hydrogens is 276 g/mol. The van der Waals surface area contributed by atoms with Crippen LogP contribution in [0.5, 0.6) is 0 Å². The first-order chi connectivity index (χ1) is 9.65. The Kier molecular flexibility index (Phi) is 3.15. The fourth-order valence-corrected chi connectivity index (χ4v) is 2.63. The first kappa shape index (κ1) is 12.7. The largest absolute Gasteiger partial charge is 0.336 e. The van der Waals surface area contributed by atoms with Crippen molar-refractivity contribution in [3.05, 3.63) is 46.8 Å². The van der Waals surface area contributed by atoms with E-state index in [0.29, 0.717) is 21.9 Å². The summed E-state index contributed by atoms with van der Waals surface area (Å²) in [5.41, 5.74) is 0.528. The number of nitrogens with one attached hydrogen (secondary N) is 1. The molecule has 7 nitrogen and oxygen atoms in total. The number of H-pyrrole nitrogens is 1. The number of hydrogen-bond acceptors (Lipinski definition) is 6. The number of aromatic nitrogens is 5. The van der Waals surface area contributed by atoms with Crippen LogP contribution in [0.4, 0.5) is 0 Å². The summed E-state index contributed by atoms with van der Waals surface area (Å²) in [6, 6.07) is 7.23. The lowest BCUT2D eigenvalue weighted by molar-refractivity contribution is 0.832. The number of fused-ring (bicyclic) bond motifs is 1. The highest BCUT2D eigenvalue weighted by Crippen LogP contribution is 2.30. The second-order valence-electron chi connectivity index (χ2n) is 4.25. The summed E-state index contributed by atoms with van der Waals surface area (Å²) in [5, 5.41) is 8.65. The molecule has 0 saturated carbocycles. The summed E-state index contributed by atoms with van der Waals surface area (Å²) in [6.07, 6.45) is 1.42. The highest BCUT2D eigenvalue weighted by molar-refractivity contribution is 7.99. The molecule has 0 bridgehead atoms. The van der Waals surface area contributed by atoms with Gasteiger partial charge >= 0.3 is 0 Å². The van der Waals surface area contributed by atoms with E-state index in [2.05, 4.69) is 20.2 Å². The van der Waals surface area contributed by atoms with E-state index >= 15 is 0 Å². The van der Waals surface area contributed by atoms with Gasteiger partial charge in [0.15, 0.2) is 0 Å². The average Bonchev–Trinajstić information content (AvgIpc) is 2.84. The standard InChI is InChI=1S/C12H12N6OS/c1-7(20-12-17-14-6-18(12)13)10-15-9-5-3-2-4-8(9)11(19)16-10/h2-7H,13H2,1H3,(H,15,16,19). The van der Waals surface area contributed by atoms with E-state index in [0.717, 1.165) is 0 Å². The zero-order chi connectivity index (χ0) is 14.1. The molecule has 1 aromatic carbocycles. The first-order valence-electron chi connectivity index (χ1n) is 5.96. The number of benzene rings is 1. The van der Waals surface area contributed by atoms with Crippen molar-refractivity contribution >= 4 is 22.7 Å². The number of nitrogens with zero attached hydrogens (tertiary/aromatic N) is 4. The molecule has 0 aliphatic rings. The van der Waals surface area contributed by atoms with Crippen LogP contribution in [0.25, 0.3) is 10.9 Å². The summed E-state index contributed by atoms with van der Waals surface area (Å²) in [7, 11) is 0. The molecule has 102 valence electrons. The minimum atomic E-state index is -0.146. The van der Waals surface area contributed by atoms with Crippen LogP contribution in [-0.4, -0.2) is 24.8 Å². The van der Waals surface area contributed by atoms with Crippen molar-refractivity contribution in [1.29, 1.82) is 0 Å². The summed E-state index contributed by atoms with van der Waals surface area (Å²) < 4.78 is 1.33. The molecule has 8 heteroatoms. The van der Waals surface area contributed by atoms with Gasteiger partial charge in [-0.15, -0.1) is 10.2 Å². The first-order valence-corrected chi connectivity index (χ1v) is 6.84. The minimum Gasteiger partial charge on any atom is -0.336 e. The highest BCUT2D eigenvalue weighted by Gasteiger charge is 2.15. The van der Waals surface area contributed by atoms with Crippen LogP contribution in [0.15, 0.2) is 40.5 Å². The average molecular weight is 288 g/mol. The fraction of sp³-hybridized carbons (Fsp3) is 0.167. The van der Waals surface area contributed by atoms with Crippen LogP contribution in [0, 0.1) is 0 Å². The third-order valence-electron chi connectivity index (χ3n) is 2.84. The molecule has 2 aromatic heterocycles. The van der Waals surface area contributed by atoms with Gasteiger partial charge in [0.25, 0.3) is 5.56 Å². The molecule has 0 spiro atoms. The highest BCUT2D eigenvalue weighted by atomic mass is 32.2. The summed E-state index contributed by atoms with van der Waals surface area (Å²) in [5.74, 6) is 6.25. The van der Waals surface area contributed by atoms with Gasteiger partial charge in [-0.05, 0) is 19.1 Å². The van der Waals surface area contributed by atoms with Gasteiger partial charge < -0.3 is 10.8 Å². The Hall–Kier alpha value is -2.35. The topological polar surface area (TPSA) is 102 Å². The van der Waals surface area contributed by atoms with Crippen LogP contribution >= 0.6 is 11.8 Å². The molecule has 1 atom stereocenters. The van der Waals surface area contributed by atoms with Crippen molar-refractivity contribution in [3.8, 4) is 0 Å². The van der Waals surface area contributed by atoms with Gasteiger partial charge in [0.2, 0.25) is 5.16 Å². The van der Waals surface area contributed by atoms with Crippen molar-refractivity contribution in [2.24, 2.45) is 0 Å². The van der Waals surface area contributed by atoms with Gasteiger partial charge in [-0.3, -0.25) is 4.79 Å². The third kappa shape index (κ3) is 2.25. The molecule has 3 rings (SSSR count). The van der Waals surface area contributed by atoms with Crippen LogP contribution in [0.3, 0.4) is 0 Å². The normalized spacial score (nSPS) is 12.7. The molecule has 0 aliphatic carbocycles. The quantitative estimate of drug-likeness (QED) is 0.552. The van der Waals surface area contributed by atoms with Crippen LogP contribution in [0.2, 0.25) is 0 Å². The van der Waals surface area contributed by atoms with Crippen LogP contribution < -0.4 is 11.4 Å². The third-order valence-corrected chi connectivity index (χ3v) is 3.92. The molecule has 0 saturated heterocycles. The van der Waals surface area contributed by atoms with Crippen molar-refractivity contribution in [2.45, 2.75) is 17.3 Å². The Labute approximate surface area is 118 Å². The van der Waals surface area contributed by atoms with Gasteiger partial charge in [0.05, 0.1) is 16.2 Å². The number of thioether (sulfide) groups is 1. The molecule has 0 radical (unpaired) electrons. The molecular formula is C12H12N6OS. The van der Waals surface area contributed by atoms with E-state index in [1.165, 1.54) is 22.8 Å². The van der Waals surface area contributed by atoms with Gasteiger partial charge in [-0.1, -0.05) is 23.9 Å². The maximum Gasteiger partial charge on any atom is 0.258 e. The molecule has 3 N–H and O–H groups in total. The van der Waals surface area contributed by atoms with Crippen molar-refractivity contribution in [2.75, 3.05) is 5.84 Å². The fourth-order valence-electron chi connectivity index (χ4n) is 1.83. The van der Waals surface area contributed by atoms with Gasteiger partial charge in [0, 0.05) is 0 Å². The minimum absolute atomic E-state index is 0.0983. The maximum atomic E-state index is 12.0. The second kappa shape index (κ2) is 4.97. The smallest absolute Gasteiger partial charge is 0.258 e. The van der Waals surface area contributed by atoms with E-state index in [4.69, 9.17) is 5.84 Å². The van der Waals surface area contributed by atoms with E-state index in [9.17, 15) is 4.79 Å². The zero-order valence-corrected chi connectivity index (χ0v) is 11.5. The Morgan fingerprint density at radius 3 is 2.95 bits per heavy atom. The molecule has 3 aromatic rings. The van der Waals surface area contributed by atoms with Crippen molar-refractivity contribution < 1.29 is 0 Å². The van der Waals surface area contributed by atoms with E-state index < -0.39 is 0 Å². The lowest BCUT2D eigenvalue weighted by atomic mass is 10.2. The molecule has 2 heterocycles. The molecule has 1 unspecified atom stereocenters.